The molecular weight excluding hydrogens is 264 g/mol. The van der Waals surface area contributed by atoms with Gasteiger partial charge < -0.3 is 15.0 Å². The van der Waals surface area contributed by atoms with Crippen molar-refractivity contribution in [3.8, 4) is 5.75 Å². The van der Waals surface area contributed by atoms with Crippen LogP contribution >= 0.6 is 0 Å². The first-order chi connectivity index (χ1) is 10.3. The third kappa shape index (κ3) is 5.38. The van der Waals surface area contributed by atoms with Crippen molar-refractivity contribution in [1.82, 2.24) is 10.2 Å². The molecule has 1 aliphatic rings. The number of para-hydroxylation sites is 1. The minimum Gasteiger partial charge on any atom is -0.493 e. The number of piperidine rings is 1. The van der Waals surface area contributed by atoms with Crippen LogP contribution in [-0.4, -0.2) is 43.6 Å². The third-order valence-corrected chi connectivity index (χ3v) is 3.94. The largest absolute Gasteiger partial charge is 0.493 e. The molecule has 116 valence electrons. The Labute approximate surface area is 127 Å². The molecule has 1 unspecified atom stereocenters. The number of amides is 1. The Morgan fingerprint density at radius 2 is 2.19 bits per heavy atom. The monoisotopic (exact) mass is 290 g/mol. The first-order valence-electron chi connectivity index (χ1n) is 7.96. The highest BCUT2D eigenvalue weighted by atomic mass is 16.5. The molecule has 0 saturated carbocycles. The predicted octanol–water partition coefficient (Wildman–Crippen LogP) is 2.30. The van der Waals surface area contributed by atoms with E-state index >= 15 is 0 Å². The zero-order valence-corrected chi connectivity index (χ0v) is 12.9. The lowest BCUT2D eigenvalue weighted by atomic mass is 9.99. The van der Waals surface area contributed by atoms with E-state index in [1.54, 1.807) is 0 Å². The van der Waals surface area contributed by atoms with Crippen LogP contribution in [0.3, 0.4) is 0 Å². The van der Waals surface area contributed by atoms with Gasteiger partial charge in [0.1, 0.15) is 5.75 Å². The van der Waals surface area contributed by atoms with Gasteiger partial charge in [0.15, 0.2) is 0 Å². The second-order valence-electron chi connectivity index (χ2n) is 5.56. The number of benzene rings is 1. The van der Waals surface area contributed by atoms with Crippen LogP contribution in [0.25, 0.3) is 0 Å². The van der Waals surface area contributed by atoms with Crippen LogP contribution in [0.15, 0.2) is 30.3 Å². The second-order valence-corrected chi connectivity index (χ2v) is 5.56. The van der Waals surface area contributed by atoms with E-state index in [4.69, 9.17) is 4.74 Å². The van der Waals surface area contributed by atoms with E-state index in [1.165, 1.54) is 12.8 Å². The summed E-state index contributed by atoms with van der Waals surface area (Å²) < 4.78 is 5.60. The van der Waals surface area contributed by atoms with Gasteiger partial charge in [0.2, 0.25) is 5.91 Å². The topological polar surface area (TPSA) is 41.6 Å². The third-order valence-electron chi connectivity index (χ3n) is 3.94. The van der Waals surface area contributed by atoms with Crippen molar-refractivity contribution >= 4 is 5.91 Å². The average molecular weight is 290 g/mol. The highest BCUT2D eigenvalue weighted by molar-refractivity contribution is 5.76. The molecule has 2 rings (SSSR count). The summed E-state index contributed by atoms with van der Waals surface area (Å²) in [5, 5.41) is 3.41. The van der Waals surface area contributed by atoms with Gasteiger partial charge in [-0.25, -0.2) is 0 Å². The van der Waals surface area contributed by atoms with Crippen LogP contribution in [0.2, 0.25) is 0 Å². The quantitative estimate of drug-likeness (QED) is 0.838. The molecule has 0 aromatic heterocycles. The molecule has 0 radical (unpaired) electrons. The fourth-order valence-corrected chi connectivity index (χ4v) is 2.73. The van der Waals surface area contributed by atoms with Gasteiger partial charge in [-0.1, -0.05) is 18.2 Å². The lowest BCUT2D eigenvalue weighted by Gasteiger charge is -2.29. The van der Waals surface area contributed by atoms with Gasteiger partial charge in [0.05, 0.1) is 13.0 Å². The van der Waals surface area contributed by atoms with Crippen LogP contribution in [0.5, 0.6) is 5.75 Å². The van der Waals surface area contributed by atoms with Crippen LogP contribution in [0.4, 0.5) is 0 Å². The van der Waals surface area contributed by atoms with Gasteiger partial charge in [0.25, 0.3) is 0 Å². The molecule has 1 amide bonds. The molecule has 0 bridgehead atoms. The fraction of sp³-hybridized carbons (Fsp3) is 0.588. The van der Waals surface area contributed by atoms with Gasteiger partial charge in [0, 0.05) is 13.1 Å². The van der Waals surface area contributed by atoms with E-state index in [9.17, 15) is 4.79 Å². The number of carbonyl (C=O) groups excluding carboxylic acids is 1. The number of hydrogen-bond acceptors (Lipinski definition) is 3. The molecule has 1 saturated heterocycles. The van der Waals surface area contributed by atoms with Gasteiger partial charge in [-0.3, -0.25) is 4.79 Å². The highest BCUT2D eigenvalue weighted by Crippen LogP contribution is 2.13. The molecule has 1 aliphatic heterocycles. The van der Waals surface area contributed by atoms with Crippen LogP contribution in [0.1, 0.15) is 26.2 Å². The maximum absolute atomic E-state index is 12.3. The van der Waals surface area contributed by atoms with E-state index in [0.29, 0.717) is 18.9 Å². The summed E-state index contributed by atoms with van der Waals surface area (Å²) in [4.78, 5) is 14.2. The number of ether oxygens (including phenoxy) is 1. The summed E-state index contributed by atoms with van der Waals surface area (Å²) in [6.07, 6.45) is 2.88. The van der Waals surface area contributed by atoms with Crippen LogP contribution in [-0.2, 0) is 4.79 Å². The Morgan fingerprint density at radius 3 is 2.86 bits per heavy atom. The molecule has 1 aromatic carbocycles. The van der Waals surface area contributed by atoms with E-state index in [2.05, 4.69) is 5.32 Å². The minimum atomic E-state index is 0.194. The fourth-order valence-electron chi connectivity index (χ4n) is 2.73. The molecule has 1 fully saturated rings. The SMILES string of the molecule is CCN(CC1CCCNC1)C(=O)CCOc1ccccc1. The Hall–Kier alpha value is -1.55. The maximum atomic E-state index is 12.3. The first kappa shape index (κ1) is 15.8. The average Bonchev–Trinajstić information content (AvgIpc) is 2.54. The molecule has 4 nitrogen and oxygen atoms in total. The lowest BCUT2D eigenvalue weighted by molar-refractivity contribution is -0.132. The number of carbonyl (C=O) groups is 1. The van der Waals surface area contributed by atoms with Gasteiger partial charge in [-0.15, -0.1) is 0 Å². The molecule has 1 aromatic rings. The van der Waals surface area contributed by atoms with Crippen molar-refractivity contribution in [1.29, 1.82) is 0 Å². The number of nitrogens with zero attached hydrogens (tertiary/aromatic N) is 1. The first-order valence-corrected chi connectivity index (χ1v) is 7.96. The molecule has 21 heavy (non-hydrogen) atoms. The summed E-state index contributed by atoms with van der Waals surface area (Å²) in [5.74, 6) is 1.61. The van der Waals surface area contributed by atoms with Crippen molar-refractivity contribution in [2.75, 3.05) is 32.8 Å². The maximum Gasteiger partial charge on any atom is 0.225 e. The second kappa shape index (κ2) is 8.67. The smallest absolute Gasteiger partial charge is 0.225 e. The summed E-state index contributed by atoms with van der Waals surface area (Å²) in [6.45, 7) is 6.29. The van der Waals surface area contributed by atoms with Crippen molar-refractivity contribution in [3.63, 3.8) is 0 Å². The van der Waals surface area contributed by atoms with Gasteiger partial charge in [-0.2, -0.15) is 0 Å². The molecule has 1 atom stereocenters. The number of hydrogen-bond donors (Lipinski definition) is 1. The molecule has 1 N–H and O–H groups in total. The summed E-state index contributed by atoms with van der Waals surface area (Å²) in [5.41, 5.74) is 0. The summed E-state index contributed by atoms with van der Waals surface area (Å²) in [6, 6.07) is 9.65. The summed E-state index contributed by atoms with van der Waals surface area (Å²) >= 11 is 0. The molecule has 0 aliphatic carbocycles. The Balaban J connectivity index is 1.72. The zero-order chi connectivity index (χ0) is 14.9. The Morgan fingerprint density at radius 1 is 1.38 bits per heavy atom. The predicted molar refractivity (Wildman–Crippen MR) is 84.4 cm³/mol. The van der Waals surface area contributed by atoms with E-state index in [0.717, 1.165) is 31.9 Å². The lowest BCUT2D eigenvalue weighted by Crippen LogP contribution is -2.41. The van der Waals surface area contributed by atoms with Crippen LogP contribution < -0.4 is 10.1 Å². The highest BCUT2D eigenvalue weighted by Gasteiger charge is 2.19. The van der Waals surface area contributed by atoms with E-state index < -0.39 is 0 Å². The van der Waals surface area contributed by atoms with Crippen molar-refractivity contribution < 1.29 is 9.53 Å². The van der Waals surface area contributed by atoms with Gasteiger partial charge >= 0.3 is 0 Å². The normalized spacial score (nSPS) is 18.2. The molecular formula is C17H26N2O2. The van der Waals surface area contributed by atoms with E-state index in [-0.39, 0.29) is 5.91 Å². The van der Waals surface area contributed by atoms with E-state index in [1.807, 2.05) is 42.2 Å². The summed E-state index contributed by atoms with van der Waals surface area (Å²) in [7, 11) is 0. The Kier molecular flexibility index (Phi) is 6.54. The van der Waals surface area contributed by atoms with Gasteiger partial charge in [-0.05, 0) is 50.9 Å². The standard InChI is InChI=1S/C17H26N2O2/c1-2-19(14-15-7-6-11-18-13-15)17(20)10-12-21-16-8-4-3-5-9-16/h3-5,8-9,15,18H,2,6-7,10-14H2,1H3. The van der Waals surface area contributed by atoms with Crippen LogP contribution in [0, 0.1) is 5.92 Å². The van der Waals surface area contributed by atoms with Crippen molar-refractivity contribution in [3.05, 3.63) is 30.3 Å². The zero-order valence-electron chi connectivity index (χ0n) is 12.9. The molecule has 4 heteroatoms. The number of nitrogens with one attached hydrogen (secondary N) is 1. The molecule has 1 heterocycles. The molecule has 0 spiro atoms. The Bertz CT molecular complexity index is 416. The van der Waals surface area contributed by atoms with Crippen molar-refractivity contribution in [2.24, 2.45) is 5.92 Å². The van der Waals surface area contributed by atoms with Crippen molar-refractivity contribution in [2.45, 2.75) is 26.2 Å². The number of rotatable bonds is 7. The minimum absolute atomic E-state index is 0.194.